The third-order valence-corrected chi connectivity index (χ3v) is 5.32. The van der Waals surface area contributed by atoms with Crippen LogP contribution in [-0.4, -0.2) is 66.9 Å². The summed E-state index contributed by atoms with van der Waals surface area (Å²) in [6.45, 7) is 1.14. The SMILES string of the molecule is CN(C)CC1CCCN1S(=O)(=O)c1c[nH]c(C(=O)O)c1. The molecule has 20 heavy (non-hydrogen) atoms. The molecular formula is C12H19N3O4S. The summed E-state index contributed by atoms with van der Waals surface area (Å²) >= 11 is 0. The van der Waals surface area contributed by atoms with Gasteiger partial charge in [-0.3, -0.25) is 0 Å². The summed E-state index contributed by atoms with van der Waals surface area (Å²) in [5.74, 6) is -1.17. The van der Waals surface area contributed by atoms with Crippen LogP contribution in [0.4, 0.5) is 0 Å². The third kappa shape index (κ3) is 2.87. The van der Waals surface area contributed by atoms with E-state index in [1.165, 1.54) is 16.6 Å². The molecule has 0 amide bonds. The zero-order valence-electron chi connectivity index (χ0n) is 11.5. The summed E-state index contributed by atoms with van der Waals surface area (Å²) in [6.07, 6.45) is 2.89. The van der Waals surface area contributed by atoms with Gasteiger partial charge in [-0.15, -0.1) is 0 Å². The number of likely N-dealkylation sites (N-methyl/N-ethyl adjacent to an activating group) is 1. The first-order valence-electron chi connectivity index (χ1n) is 6.40. The lowest BCUT2D eigenvalue weighted by atomic mass is 10.2. The Morgan fingerprint density at radius 3 is 2.80 bits per heavy atom. The van der Waals surface area contributed by atoms with Crippen molar-refractivity contribution in [3.05, 3.63) is 18.0 Å². The Bertz CT molecular complexity index is 594. The highest BCUT2D eigenvalue weighted by Gasteiger charge is 2.36. The molecule has 1 aromatic heterocycles. The fourth-order valence-corrected chi connectivity index (χ4v) is 4.19. The second-order valence-corrected chi connectivity index (χ2v) is 7.12. The minimum atomic E-state index is -3.63. The van der Waals surface area contributed by atoms with Gasteiger partial charge in [0.05, 0.1) is 0 Å². The van der Waals surface area contributed by atoms with Crippen LogP contribution in [0.1, 0.15) is 23.3 Å². The predicted octanol–water partition coefficient (Wildman–Crippen LogP) is 0.428. The topological polar surface area (TPSA) is 93.7 Å². The molecule has 1 aromatic rings. The molecule has 0 aliphatic carbocycles. The van der Waals surface area contributed by atoms with Crippen molar-refractivity contribution in [2.75, 3.05) is 27.2 Å². The fourth-order valence-electron chi connectivity index (χ4n) is 2.51. The van der Waals surface area contributed by atoms with Crippen molar-refractivity contribution in [3.63, 3.8) is 0 Å². The van der Waals surface area contributed by atoms with Gasteiger partial charge in [0.2, 0.25) is 10.0 Å². The molecule has 8 heteroatoms. The van der Waals surface area contributed by atoms with Gasteiger partial charge in [-0.25, -0.2) is 13.2 Å². The van der Waals surface area contributed by atoms with Crippen LogP contribution in [0.2, 0.25) is 0 Å². The Hall–Kier alpha value is -1.38. The lowest BCUT2D eigenvalue weighted by molar-refractivity contribution is 0.0691. The lowest BCUT2D eigenvalue weighted by Gasteiger charge is -2.25. The van der Waals surface area contributed by atoms with Gasteiger partial charge in [0.15, 0.2) is 0 Å². The maximum Gasteiger partial charge on any atom is 0.352 e. The number of hydrogen-bond acceptors (Lipinski definition) is 4. The zero-order chi connectivity index (χ0) is 14.9. The average molecular weight is 301 g/mol. The molecule has 1 aliphatic heterocycles. The van der Waals surface area contributed by atoms with Crippen LogP contribution in [-0.2, 0) is 10.0 Å². The highest BCUT2D eigenvalue weighted by atomic mass is 32.2. The monoisotopic (exact) mass is 301 g/mol. The van der Waals surface area contributed by atoms with E-state index in [0.29, 0.717) is 13.1 Å². The highest BCUT2D eigenvalue weighted by Crippen LogP contribution is 2.26. The van der Waals surface area contributed by atoms with E-state index in [0.717, 1.165) is 12.8 Å². The smallest absolute Gasteiger partial charge is 0.352 e. The van der Waals surface area contributed by atoms with Gasteiger partial charge < -0.3 is 15.0 Å². The van der Waals surface area contributed by atoms with Crippen LogP contribution in [0.25, 0.3) is 0 Å². The van der Waals surface area contributed by atoms with Gasteiger partial charge in [0.25, 0.3) is 0 Å². The number of rotatable bonds is 5. The molecule has 1 aliphatic rings. The Morgan fingerprint density at radius 2 is 2.25 bits per heavy atom. The van der Waals surface area contributed by atoms with Crippen LogP contribution in [0.3, 0.4) is 0 Å². The van der Waals surface area contributed by atoms with Crippen LogP contribution in [0, 0.1) is 0 Å². The Balaban J connectivity index is 2.26. The van der Waals surface area contributed by atoms with Gasteiger partial charge in [0.1, 0.15) is 10.6 Å². The van der Waals surface area contributed by atoms with E-state index in [4.69, 9.17) is 5.11 Å². The van der Waals surface area contributed by atoms with Gasteiger partial charge in [-0.05, 0) is 33.0 Å². The van der Waals surface area contributed by atoms with Gasteiger partial charge in [-0.1, -0.05) is 0 Å². The molecule has 0 bridgehead atoms. The molecule has 0 saturated carbocycles. The molecule has 7 nitrogen and oxygen atoms in total. The Morgan fingerprint density at radius 1 is 1.55 bits per heavy atom. The first-order chi connectivity index (χ1) is 9.32. The zero-order valence-corrected chi connectivity index (χ0v) is 12.4. The third-order valence-electron chi connectivity index (χ3n) is 3.39. The second-order valence-electron chi connectivity index (χ2n) is 5.23. The maximum absolute atomic E-state index is 12.6. The van der Waals surface area contributed by atoms with Crippen LogP contribution >= 0.6 is 0 Å². The van der Waals surface area contributed by atoms with E-state index in [9.17, 15) is 13.2 Å². The number of nitrogens with one attached hydrogen (secondary N) is 1. The molecule has 1 fully saturated rings. The van der Waals surface area contributed by atoms with Crippen molar-refractivity contribution in [1.29, 1.82) is 0 Å². The van der Waals surface area contributed by atoms with Crippen molar-refractivity contribution >= 4 is 16.0 Å². The van der Waals surface area contributed by atoms with Crippen molar-refractivity contribution in [3.8, 4) is 0 Å². The van der Waals surface area contributed by atoms with Crippen molar-refractivity contribution in [2.45, 2.75) is 23.8 Å². The number of hydrogen-bond donors (Lipinski definition) is 2. The van der Waals surface area contributed by atoms with Gasteiger partial charge in [-0.2, -0.15) is 4.31 Å². The number of aromatic carboxylic acids is 1. The van der Waals surface area contributed by atoms with E-state index in [1.807, 2.05) is 19.0 Å². The first-order valence-corrected chi connectivity index (χ1v) is 7.84. The summed E-state index contributed by atoms with van der Waals surface area (Å²) in [4.78, 5) is 15.3. The molecule has 2 N–H and O–H groups in total. The van der Waals surface area contributed by atoms with E-state index in [-0.39, 0.29) is 16.6 Å². The number of carboxylic acid groups (broad SMARTS) is 1. The number of aromatic amines is 1. The number of nitrogens with zero attached hydrogens (tertiary/aromatic N) is 2. The fraction of sp³-hybridized carbons (Fsp3) is 0.583. The average Bonchev–Trinajstić information content (AvgIpc) is 2.95. The largest absolute Gasteiger partial charge is 0.477 e. The quantitative estimate of drug-likeness (QED) is 0.822. The van der Waals surface area contributed by atoms with E-state index < -0.39 is 16.0 Å². The number of carbonyl (C=O) groups is 1. The molecule has 1 saturated heterocycles. The minimum Gasteiger partial charge on any atom is -0.477 e. The summed E-state index contributed by atoms with van der Waals surface area (Å²) in [5, 5.41) is 8.85. The molecule has 1 atom stereocenters. The number of aromatic nitrogens is 1. The summed E-state index contributed by atoms with van der Waals surface area (Å²) in [5.41, 5.74) is -0.119. The van der Waals surface area contributed by atoms with Gasteiger partial charge >= 0.3 is 5.97 Å². The molecule has 0 spiro atoms. The van der Waals surface area contributed by atoms with Crippen molar-refractivity contribution < 1.29 is 18.3 Å². The molecule has 0 radical (unpaired) electrons. The number of H-pyrrole nitrogens is 1. The second kappa shape index (κ2) is 5.55. The molecular weight excluding hydrogens is 282 g/mol. The number of sulfonamides is 1. The van der Waals surface area contributed by atoms with E-state index in [2.05, 4.69) is 4.98 Å². The van der Waals surface area contributed by atoms with E-state index >= 15 is 0 Å². The maximum atomic E-state index is 12.6. The summed E-state index contributed by atoms with van der Waals surface area (Å²) < 4.78 is 26.6. The lowest BCUT2D eigenvalue weighted by Crippen LogP contribution is -2.41. The Kier molecular flexibility index (Phi) is 4.17. The van der Waals surface area contributed by atoms with Crippen LogP contribution in [0.5, 0.6) is 0 Å². The minimum absolute atomic E-state index is 0.0144. The molecule has 1 unspecified atom stereocenters. The number of carboxylic acids is 1. The Labute approximate surface area is 118 Å². The normalized spacial score (nSPS) is 20.6. The van der Waals surface area contributed by atoms with Crippen molar-refractivity contribution in [2.24, 2.45) is 0 Å². The van der Waals surface area contributed by atoms with E-state index in [1.54, 1.807) is 0 Å². The summed E-state index contributed by atoms with van der Waals surface area (Å²) in [6, 6.07) is 1.11. The predicted molar refractivity (Wildman–Crippen MR) is 73.2 cm³/mol. The highest BCUT2D eigenvalue weighted by molar-refractivity contribution is 7.89. The molecule has 112 valence electrons. The van der Waals surface area contributed by atoms with Crippen LogP contribution in [0.15, 0.2) is 17.2 Å². The molecule has 2 rings (SSSR count). The summed E-state index contributed by atoms with van der Waals surface area (Å²) in [7, 11) is 0.175. The van der Waals surface area contributed by atoms with Crippen molar-refractivity contribution in [1.82, 2.24) is 14.2 Å². The van der Waals surface area contributed by atoms with Gasteiger partial charge in [0, 0.05) is 25.3 Å². The first kappa shape index (κ1) is 15.0. The van der Waals surface area contributed by atoms with Crippen LogP contribution < -0.4 is 0 Å². The molecule has 0 aromatic carbocycles. The molecule has 2 heterocycles. The standard InChI is InChI=1S/C12H19N3O4S/c1-14(2)8-9-4-3-5-15(9)20(18,19)10-6-11(12(16)17)13-7-10/h6-7,9,13H,3-5,8H2,1-2H3,(H,16,17).